The van der Waals surface area contributed by atoms with Crippen LogP contribution in [0.4, 0.5) is 0 Å². The first kappa shape index (κ1) is 16.8. The Balaban J connectivity index is 1.38. The van der Waals surface area contributed by atoms with Crippen molar-refractivity contribution >= 4 is 16.8 Å². The first-order chi connectivity index (χ1) is 12.6. The van der Waals surface area contributed by atoms with Crippen molar-refractivity contribution in [1.29, 1.82) is 0 Å². The summed E-state index contributed by atoms with van der Waals surface area (Å²) in [5.74, 6) is 0.237. The van der Waals surface area contributed by atoms with Crippen molar-refractivity contribution in [2.75, 3.05) is 0 Å². The molecule has 0 bridgehead atoms. The third kappa shape index (κ3) is 3.35. The van der Waals surface area contributed by atoms with Gasteiger partial charge in [0.25, 0.3) is 0 Å². The van der Waals surface area contributed by atoms with E-state index in [1.807, 2.05) is 42.1 Å². The topological polar surface area (TPSA) is 85.0 Å². The maximum Gasteiger partial charge on any atom is 0.226 e. The fourth-order valence-corrected chi connectivity index (χ4v) is 3.94. The molecule has 2 heterocycles. The van der Waals surface area contributed by atoms with Gasteiger partial charge in [-0.05, 0) is 24.8 Å². The molecule has 2 aromatic heterocycles. The minimum absolute atomic E-state index is 0.0961. The number of hydrogen-bond donors (Lipinski definition) is 2. The number of nitrogens with zero attached hydrogens (tertiary/aromatic N) is 4. The van der Waals surface area contributed by atoms with Crippen LogP contribution in [0.15, 0.2) is 43.0 Å². The maximum absolute atomic E-state index is 12.5. The van der Waals surface area contributed by atoms with Gasteiger partial charge in [0, 0.05) is 31.4 Å². The van der Waals surface area contributed by atoms with E-state index in [0.29, 0.717) is 12.3 Å². The zero-order chi connectivity index (χ0) is 18.1. The lowest BCUT2D eigenvalue weighted by atomic mass is 10.1. The van der Waals surface area contributed by atoms with Crippen LogP contribution in [-0.2, 0) is 24.8 Å². The van der Waals surface area contributed by atoms with E-state index < -0.39 is 6.10 Å². The van der Waals surface area contributed by atoms with Gasteiger partial charge in [0.2, 0.25) is 5.91 Å². The van der Waals surface area contributed by atoms with Crippen molar-refractivity contribution in [2.45, 2.75) is 38.0 Å². The van der Waals surface area contributed by atoms with Crippen LogP contribution in [0.1, 0.15) is 18.5 Å². The average molecular weight is 353 g/mol. The maximum atomic E-state index is 12.5. The largest absolute Gasteiger partial charge is 0.391 e. The van der Waals surface area contributed by atoms with Gasteiger partial charge in [0.15, 0.2) is 0 Å². The normalized spacial score (nSPS) is 22.8. The first-order valence-corrected chi connectivity index (χ1v) is 8.94. The fourth-order valence-electron chi connectivity index (χ4n) is 3.94. The van der Waals surface area contributed by atoms with Gasteiger partial charge in [-0.2, -0.15) is 5.10 Å². The van der Waals surface area contributed by atoms with Crippen LogP contribution in [0.3, 0.4) is 0 Å². The Morgan fingerprint density at radius 1 is 1.35 bits per heavy atom. The molecule has 1 aromatic carbocycles. The number of aromatic nitrogens is 4. The van der Waals surface area contributed by atoms with Crippen molar-refractivity contribution < 1.29 is 9.90 Å². The summed E-state index contributed by atoms with van der Waals surface area (Å²) in [5.41, 5.74) is 1.78. The van der Waals surface area contributed by atoms with Crippen molar-refractivity contribution in [2.24, 2.45) is 13.0 Å². The van der Waals surface area contributed by atoms with Crippen molar-refractivity contribution in [1.82, 2.24) is 24.6 Å². The molecule has 26 heavy (non-hydrogen) atoms. The molecule has 3 atom stereocenters. The van der Waals surface area contributed by atoms with Gasteiger partial charge in [-0.1, -0.05) is 18.2 Å². The zero-order valence-corrected chi connectivity index (χ0v) is 14.7. The van der Waals surface area contributed by atoms with E-state index in [1.165, 1.54) is 0 Å². The molecule has 1 saturated carbocycles. The highest BCUT2D eigenvalue weighted by Crippen LogP contribution is 2.28. The molecule has 1 aliphatic carbocycles. The number of hydrogen-bond acceptors (Lipinski definition) is 4. The standard InChI is InChI=1S/C19H23N5O2/c1-23-17-5-3-2-4-14(17)15(22-23)10-19(26)21-16-8-13(9-18(16)25)11-24-7-6-20-12-24/h2-7,12-13,16,18,25H,8-11H2,1H3,(H,21,26)/t13?,16-,18-/m1/s1. The second-order valence-electron chi connectivity index (χ2n) is 7.10. The van der Waals surface area contributed by atoms with Crippen LogP contribution >= 0.6 is 0 Å². The highest BCUT2D eigenvalue weighted by atomic mass is 16.3. The number of imidazole rings is 1. The van der Waals surface area contributed by atoms with E-state index in [9.17, 15) is 9.90 Å². The summed E-state index contributed by atoms with van der Waals surface area (Å²) in [7, 11) is 1.88. The Morgan fingerprint density at radius 2 is 2.19 bits per heavy atom. The summed E-state index contributed by atoms with van der Waals surface area (Å²) in [6.07, 6.45) is 6.63. The quantitative estimate of drug-likeness (QED) is 0.723. The SMILES string of the molecule is Cn1nc(CC(=O)N[C@@H]2CC(Cn3ccnc3)C[C@H]2O)c2ccccc21. The molecule has 2 N–H and O–H groups in total. The number of amides is 1. The fraction of sp³-hybridized carbons (Fsp3) is 0.421. The average Bonchev–Trinajstić information content (AvgIpc) is 3.31. The van der Waals surface area contributed by atoms with Gasteiger partial charge < -0.3 is 15.0 Å². The number of carbonyl (C=O) groups is 1. The predicted molar refractivity (Wildman–Crippen MR) is 97.3 cm³/mol. The van der Waals surface area contributed by atoms with E-state index in [-0.39, 0.29) is 18.4 Å². The molecule has 1 aliphatic rings. The van der Waals surface area contributed by atoms with Crippen LogP contribution < -0.4 is 5.32 Å². The molecule has 0 radical (unpaired) electrons. The van der Waals surface area contributed by atoms with Crippen molar-refractivity contribution in [3.05, 3.63) is 48.7 Å². The van der Waals surface area contributed by atoms with Gasteiger partial charge in [-0.3, -0.25) is 9.48 Å². The molecule has 0 aliphatic heterocycles. The van der Waals surface area contributed by atoms with Gasteiger partial charge in [-0.25, -0.2) is 4.98 Å². The Labute approximate surface area is 151 Å². The van der Waals surface area contributed by atoms with Crippen molar-refractivity contribution in [3.63, 3.8) is 0 Å². The highest BCUT2D eigenvalue weighted by molar-refractivity contribution is 5.87. The third-order valence-corrected chi connectivity index (χ3v) is 5.16. The molecule has 0 spiro atoms. The minimum atomic E-state index is -0.507. The molecule has 4 rings (SSSR count). The van der Waals surface area contributed by atoms with E-state index >= 15 is 0 Å². The van der Waals surface area contributed by atoms with Crippen LogP contribution in [0.2, 0.25) is 0 Å². The lowest BCUT2D eigenvalue weighted by Gasteiger charge is -2.16. The number of aliphatic hydroxyl groups is 1. The van der Waals surface area contributed by atoms with Crippen LogP contribution in [0, 0.1) is 5.92 Å². The Hall–Kier alpha value is -2.67. The smallest absolute Gasteiger partial charge is 0.226 e. The van der Waals surface area contributed by atoms with E-state index in [2.05, 4.69) is 15.4 Å². The van der Waals surface area contributed by atoms with Crippen LogP contribution in [0.5, 0.6) is 0 Å². The van der Waals surface area contributed by atoms with Gasteiger partial charge in [0.05, 0.1) is 36.1 Å². The number of aryl methyl sites for hydroxylation is 1. The van der Waals surface area contributed by atoms with E-state index in [0.717, 1.165) is 29.6 Å². The summed E-state index contributed by atoms with van der Waals surface area (Å²) in [4.78, 5) is 16.6. The van der Waals surface area contributed by atoms with Crippen LogP contribution in [-0.4, -0.2) is 42.5 Å². The molecule has 7 nitrogen and oxygen atoms in total. The second kappa shape index (κ2) is 6.92. The van der Waals surface area contributed by atoms with Gasteiger partial charge in [0.1, 0.15) is 0 Å². The summed E-state index contributed by atoms with van der Waals surface area (Å²) >= 11 is 0. The van der Waals surface area contributed by atoms with Gasteiger partial charge in [-0.15, -0.1) is 0 Å². The molecule has 7 heteroatoms. The molecule has 136 valence electrons. The summed E-state index contributed by atoms with van der Waals surface area (Å²) in [6, 6.07) is 7.68. The minimum Gasteiger partial charge on any atom is -0.391 e. The number of nitrogens with one attached hydrogen (secondary N) is 1. The van der Waals surface area contributed by atoms with Gasteiger partial charge >= 0.3 is 0 Å². The lowest BCUT2D eigenvalue weighted by molar-refractivity contribution is -0.121. The monoisotopic (exact) mass is 353 g/mol. The molecular formula is C19H23N5O2. The van der Waals surface area contributed by atoms with Crippen molar-refractivity contribution in [3.8, 4) is 0 Å². The Bertz CT molecular complexity index is 902. The first-order valence-electron chi connectivity index (χ1n) is 8.94. The molecular weight excluding hydrogens is 330 g/mol. The molecule has 1 unspecified atom stereocenters. The summed E-state index contributed by atoms with van der Waals surface area (Å²) in [5, 5.41) is 18.8. The number of fused-ring (bicyclic) bond motifs is 1. The third-order valence-electron chi connectivity index (χ3n) is 5.16. The Kier molecular flexibility index (Phi) is 4.46. The summed E-state index contributed by atoms with van der Waals surface area (Å²) in [6.45, 7) is 0.814. The lowest BCUT2D eigenvalue weighted by Crippen LogP contribution is -2.40. The second-order valence-corrected chi connectivity index (χ2v) is 7.10. The number of carbonyl (C=O) groups excluding carboxylic acids is 1. The number of para-hydroxylation sites is 1. The number of benzene rings is 1. The molecule has 3 aromatic rings. The number of rotatable bonds is 5. The Morgan fingerprint density at radius 3 is 3.00 bits per heavy atom. The molecule has 0 saturated heterocycles. The highest BCUT2D eigenvalue weighted by Gasteiger charge is 2.34. The zero-order valence-electron chi connectivity index (χ0n) is 14.7. The van der Waals surface area contributed by atoms with E-state index in [1.54, 1.807) is 17.2 Å². The summed E-state index contributed by atoms with van der Waals surface area (Å²) < 4.78 is 3.81. The molecule has 1 amide bonds. The van der Waals surface area contributed by atoms with E-state index in [4.69, 9.17) is 0 Å². The number of aliphatic hydroxyl groups excluding tert-OH is 1. The van der Waals surface area contributed by atoms with Crippen LogP contribution in [0.25, 0.3) is 10.9 Å². The molecule has 1 fully saturated rings. The predicted octanol–water partition coefficient (Wildman–Crippen LogP) is 1.27.